The van der Waals surface area contributed by atoms with Gasteiger partial charge in [-0.15, -0.1) is 0 Å². The van der Waals surface area contributed by atoms with Crippen LogP contribution < -0.4 is 5.32 Å². The van der Waals surface area contributed by atoms with Gasteiger partial charge in [0.1, 0.15) is 0 Å². The van der Waals surface area contributed by atoms with E-state index in [1.54, 1.807) is 0 Å². The number of benzene rings is 1. The third-order valence-corrected chi connectivity index (χ3v) is 3.90. The number of fused-ring (bicyclic) bond motifs is 1. The van der Waals surface area contributed by atoms with Crippen molar-refractivity contribution >= 4 is 22.8 Å². The maximum Gasteiger partial charge on any atom is 0.303 e. The highest BCUT2D eigenvalue weighted by atomic mass is 16.4. The zero-order chi connectivity index (χ0) is 18.8. The molecule has 2 aromatic rings. The van der Waals surface area contributed by atoms with Crippen LogP contribution in [0.2, 0.25) is 0 Å². The van der Waals surface area contributed by atoms with Crippen LogP contribution in [-0.2, 0) is 9.59 Å². The van der Waals surface area contributed by atoms with Gasteiger partial charge in [0.2, 0.25) is 0 Å². The van der Waals surface area contributed by atoms with Crippen molar-refractivity contribution in [2.75, 3.05) is 7.05 Å². The fourth-order valence-electron chi connectivity index (χ4n) is 2.32. The number of carboxylic acid groups (broad SMARTS) is 2. The fraction of sp³-hybridized carbons (Fsp3) is 0.444. The van der Waals surface area contributed by atoms with Crippen molar-refractivity contribution in [3.8, 4) is 0 Å². The van der Waals surface area contributed by atoms with E-state index in [1.165, 1.54) is 0 Å². The second-order valence-electron chi connectivity index (χ2n) is 5.81. The van der Waals surface area contributed by atoms with Gasteiger partial charge in [0.15, 0.2) is 0 Å². The number of aliphatic hydroxyl groups excluding tert-OH is 1. The molecule has 5 N–H and O–H groups in total. The van der Waals surface area contributed by atoms with Crippen LogP contribution in [-0.4, -0.2) is 45.3 Å². The van der Waals surface area contributed by atoms with E-state index < -0.39 is 18.0 Å². The number of H-pyrrole nitrogens is 1. The van der Waals surface area contributed by atoms with E-state index in [-0.39, 0.29) is 18.9 Å². The van der Waals surface area contributed by atoms with E-state index in [1.807, 2.05) is 44.4 Å². The molecule has 25 heavy (non-hydrogen) atoms. The van der Waals surface area contributed by atoms with Gasteiger partial charge in [0.25, 0.3) is 0 Å². The molecule has 138 valence electrons. The van der Waals surface area contributed by atoms with Gasteiger partial charge in [0.05, 0.1) is 6.10 Å². The second kappa shape index (κ2) is 10.5. The Morgan fingerprint density at radius 1 is 1.12 bits per heavy atom. The number of aromatic nitrogens is 1. The number of aliphatic hydroxyl groups is 1. The van der Waals surface area contributed by atoms with Crippen LogP contribution in [0.4, 0.5) is 0 Å². The smallest absolute Gasteiger partial charge is 0.303 e. The summed E-state index contributed by atoms with van der Waals surface area (Å²) in [4.78, 5) is 23.0. The molecule has 7 nitrogen and oxygen atoms in total. The van der Waals surface area contributed by atoms with Crippen LogP contribution in [0.15, 0.2) is 30.5 Å². The predicted octanol–water partition coefficient (Wildman–Crippen LogP) is 2.53. The quantitative estimate of drug-likeness (QED) is 0.466. The molecule has 0 aliphatic carbocycles. The van der Waals surface area contributed by atoms with Gasteiger partial charge in [-0.25, -0.2) is 0 Å². The van der Waals surface area contributed by atoms with E-state index in [9.17, 15) is 14.7 Å². The predicted molar refractivity (Wildman–Crippen MR) is 95.5 cm³/mol. The zero-order valence-electron chi connectivity index (χ0n) is 14.5. The van der Waals surface area contributed by atoms with E-state index in [4.69, 9.17) is 10.2 Å². The average molecular weight is 350 g/mol. The first-order valence-electron chi connectivity index (χ1n) is 8.21. The molecule has 0 unspecified atom stereocenters. The lowest BCUT2D eigenvalue weighted by atomic mass is 10.0. The zero-order valence-corrected chi connectivity index (χ0v) is 14.5. The van der Waals surface area contributed by atoms with E-state index in [0.29, 0.717) is 12.8 Å². The first-order chi connectivity index (χ1) is 11.9. The summed E-state index contributed by atoms with van der Waals surface area (Å²) in [6.07, 6.45) is 2.42. The first kappa shape index (κ1) is 20.7. The molecule has 1 aromatic heterocycles. The van der Waals surface area contributed by atoms with Crippen molar-refractivity contribution < 1.29 is 24.9 Å². The third-order valence-electron chi connectivity index (χ3n) is 3.90. The van der Waals surface area contributed by atoms with Gasteiger partial charge >= 0.3 is 11.9 Å². The molecule has 0 fully saturated rings. The number of hydrogen-bond acceptors (Lipinski definition) is 4. The number of carbonyl (C=O) groups is 2. The largest absolute Gasteiger partial charge is 0.481 e. The third kappa shape index (κ3) is 6.94. The molecule has 1 heterocycles. The number of para-hydroxylation sites is 1. The summed E-state index contributed by atoms with van der Waals surface area (Å²) >= 11 is 0. The van der Waals surface area contributed by atoms with E-state index >= 15 is 0 Å². The number of rotatable bonds is 8. The molecule has 1 aromatic carbocycles. The lowest BCUT2D eigenvalue weighted by Gasteiger charge is -2.17. The fourth-order valence-corrected chi connectivity index (χ4v) is 2.32. The topological polar surface area (TPSA) is 123 Å². The molecule has 0 aliphatic heterocycles. The molecule has 2 atom stereocenters. The molecule has 2 rings (SSSR count). The Labute approximate surface area is 146 Å². The van der Waals surface area contributed by atoms with Crippen molar-refractivity contribution in [2.24, 2.45) is 0 Å². The van der Waals surface area contributed by atoms with E-state index in [0.717, 1.165) is 16.5 Å². The second-order valence-corrected chi connectivity index (χ2v) is 5.81. The summed E-state index contributed by atoms with van der Waals surface area (Å²) in [6, 6.07) is 8.04. The Morgan fingerprint density at radius 2 is 1.68 bits per heavy atom. The summed E-state index contributed by atoms with van der Waals surface area (Å²) in [5, 5.41) is 30.5. The van der Waals surface area contributed by atoms with Gasteiger partial charge < -0.3 is 25.6 Å². The van der Waals surface area contributed by atoms with Crippen LogP contribution in [0.5, 0.6) is 0 Å². The highest BCUT2D eigenvalue weighted by Gasteiger charge is 2.17. The van der Waals surface area contributed by atoms with Gasteiger partial charge in [-0.2, -0.15) is 0 Å². The van der Waals surface area contributed by atoms with Crippen molar-refractivity contribution in [1.29, 1.82) is 0 Å². The summed E-state index contributed by atoms with van der Waals surface area (Å²) in [5.41, 5.74) is 2.02. The minimum absolute atomic E-state index is 0.0456. The standard InChI is InChI=1S/C12H16N2O.C6H10O4/c1-8(13-2)12(15)10-7-14-11-6-4-3-5-9(10)11;7-5(8)3-1-2-4-6(9)10/h3-8,12-15H,1-2H3;1-4H2,(H,7,8)(H,9,10)/t8-,12-;/m1./s1. The van der Waals surface area contributed by atoms with Gasteiger partial charge in [-0.05, 0) is 32.9 Å². The molecule has 0 spiro atoms. The monoisotopic (exact) mass is 350 g/mol. The molecule has 0 saturated heterocycles. The number of unbranched alkanes of at least 4 members (excludes halogenated alkanes) is 1. The normalized spacial score (nSPS) is 12.9. The number of aliphatic carboxylic acids is 2. The van der Waals surface area contributed by atoms with Gasteiger partial charge in [0, 0.05) is 41.5 Å². The first-order valence-corrected chi connectivity index (χ1v) is 8.21. The minimum Gasteiger partial charge on any atom is -0.481 e. The molecular weight excluding hydrogens is 324 g/mol. The summed E-state index contributed by atoms with van der Waals surface area (Å²) in [7, 11) is 1.85. The lowest BCUT2D eigenvalue weighted by Crippen LogP contribution is -2.28. The Bertz CT molecular complexity index is 667. The molecule has 7 heteroatoms. The molecular formula is C18H26N2O5. The van der Waals surface area contributed by atoms with Crippen molar-refractivity contribution in [3.05, 3.63) is 36.0 Å². The average Bonchev–Trinajstić information content (AvgIpc) is 3.01. The lowest BCUT2D eigenvalue weighted by molar-refractivity contribution is -0.139. The van der Waals surface area contributed by atoms with Crippen molar-refractivity contribution in [1.82, 2.24) is 10.3 Å². The van der Waals surface area contributed by atoms with Crippen LogP contribution in [0.25, 0.3) is 10.9 Å². The Kier molecular flexibility index (Phi) is 8.66. The van der Waals surface area contributed by atoms with Gasteiger partial charge in [-0.1, -0.05) is 18.2 Å². The maximum atomic E-state index is 10.1. The highest BCUT2D eigenvalue weighted by Crippen LogP contribution is 2.25. The number of aromatic amines is 1. The summed E-state index contributed by atoms with van der Waals surface area (Å²) in [5.74, 6) is -1.74. The number of hydrogen-bond donors (Lipinski definition) is 5. The van der Waals surface area contributed by atoms with E-state index in [2.05, 4.69) is 10.3 Å². The SMILES string of the molecule is CN[C@H](C)[C@@H](O)c1c[nH]c2ccccc12.O=C(O)CCCCC(=O)O. The van der Waals surface area contributed by atoms with Crippen molar-refractivity contribution in [3.63, 3.8) is 0 Å². The maximum absolute atomic E-state index is 10.1. The molecule has 0 aliphatic rings. The van der Waals surface area contributed by atoms with Crippen LogP contribution in [0, 0.1) is 0 Å². The highest BCUT2D eigenvalue weighted by molar-refractivity contribution is 5.83. The van der Waals surface area contributed by atoms with Gasteiger partial charge in [-0.3, -0.25) is 9.59 Å². The Hall–Kier alpha value is -2.38. The minimum atomic E-state index is -0.870. The number of nitrogens with one attached hydrogen (secondary N) is 2. The summed E-state index contributed by atoms with van der Waals surface area (Å²) < 4.78 is 0. The Morgan fingerprint density at radius 3 is 2.20 bits per heavy atom. The van der Waals surface area contributed by atoms with Crippen LogP contribution in [0.3, 0.4) is 0 Å². The molecule has 0 radical (unpaired) electrons. The molecule has 0 bridgehead atoms. The van der Waals surface area contributed by atoms with Crippen molar-refractivity contribution in [2.45, 2.75) is 44.8 Å². The number of carboxylic acids is 2. The summed E-state index contributed by atoms with van der Waals surface area (Å²) in [6.45, 7) is 1.96. The van der Waals surface area contributed by atoms with Crippen LogP contribution in [0.1, 0.15) is 44.3 Å². The number of likely N-dealkylation sites (N-methyl/N-ethyl adjacent to an activating group) is 1. The molecule has 0 amide bonds. The van der Waals surface area contributed by atoms with Crippen LogP contribution >= 0.6 is 0 Å². The Balaban J connectivity index is 0.000000275. The molecule has 0 saturated carbocycles.